The first-order valence-electron chi connectivity index (χ1n) is 10.0. The first-order chi connectivity index (χ1) is 14.9. The van der Waals surface area contributed by atoms with Crippen LogP contribution in [-0.2, 0) is 14.8 Å². The fraction of sp³-hybridized carbons (Fsp3) is 0.500. The van der Waals surface area contributed by atoms with Crippen LogP contribution in [0.3, 0.4) is 0 Å². The zero-order valence-electron chi connectivity index (χ0n) is 17.6. The van der Waals surface area contributed by atoms with Crippen molar-refractivity contribution in [1.82, 2.24) is 14.2 Å². The summed E-state index contributed by atoms with van der Waals surface area (Å²) in [6, 6.07) is 6.83. The summed E-state index contributed by atoms with van der Waals surface area (Å²) in [6.07, 6.45) is 0. The number of hydrogen-bond donors (Lipinski definition) is 0. The highest BCUT2D eigenvalue weighted by Crippen LogP contribution is 2.34. The zero-order chi connectivity index (χ0) is 22.0. The molecule has 4 rings (SSSR count). The molecule has 0 unspecified atom stereocenters. The molecular weight excluding hydrogens is 422 g/mol. The average Bonchev–Trinajstić information content (AvgIpc) is 3.24. The van der Waals surface area contributed by atoms with Crippen molar-refractivity contribution in [2.24, 2.45) is 0 Å². The largest absolute Gasteiger partial charge is 0.495 e. The Hall–Kier alpha value is -2.65. The maximum atomic E-state index is 13.2. The minimum absolute atomic E-state index is 0.0345. The van der Waals surface area contributed by atoms with Crippen LogP contribution in [-0.4, -0.2) is 89.2 Å². The molecule has 2 saturated heterocycles. The van der Waals surface area contributed by atoms with Gasteiger partial charge in [-0.2, -0.15) is 14.6 Å². The molecule has 3 heterocycles. The van der Waals surface area contributed by atoms with Crippen LogP contribution in [0.25, 0.3) is 11.5 Å². The number of rotatable bonds is 5. The number of benzene rings is 1. The normalized spacial score (nSPS) is 18.7. The van der Waals surface area contributed by atoms with Crippen molar-refractivity contribution < 1.29 is 22.3 Å². The number of nitriles is 1. The molecule has 1 aromatic carbocycles. The average molecular weight is 448 g/mol. The number of methoxy groups -OCH3 is 1. The van der Waals surface area contributed by atoms with Crippen LogP contribution in [0.4, 0.5) is 5.88 Å². The highest BCUT2D eigenvalue weighted by molar-refractivity contribution is 7.89. The molecule has 2 aliphatic heterocycles. The van der Waals surface area contributed by atoms with Crippen molar-refractivity contribution in [2.45, 2.75) is 4.90 Å². The topological polar surface area (TPSA) is 112 Å². The fourth-order valence-corrected chi connectivity index (χ4v) is 5.26. The molecule has 0 spiro atoms. The van der Waals surface area contributed by atoms with Gasteiger partial charge in [-0.15, -0.1) is 0 Å². The van der Waals surface area contributed by atoms with Gasteiger partial charge in [-0.25, -0.2) is 8.42 Å². The van der Waals surface area contributed by atoms with Crippen molar-refractivity contribution in [2.75, 3.05) is 71.5 Å². The van der Waals surface area contributed by atoms with Crippen molar-refractivity contribution in [3.05, 3.63) is 23.9 Å². The third kappa shape index (κ3) is 4.24. The Labute approximate surface area is 181 Å². The van der Waals surface area contributed by atoms with Gasteiger partial charge in [-0.3, -0.25) is 0 Å². The molecule has 0 amide bonds. The van der Waals surface area contributed by atoms with E-state index in [0.29, 0.717) is 24.7 Å². The van der Waals surface area contributed by atoms with E-state index < -0.39 is 10.0 Å². The van der Waals surface area contributed by atoms with Gasteiger partial charge in [0, 0.05) is 44.8 Å². The van der Waals surface area contributed by atoms with Gasteiger partial charge < -0.3 is 23.7 Å². The van der Waals surface area contributed by atoms with Crippen LogP contribution in [0.5, 0.6) is 5.75 Å². The molecule has 2 aliphatic rings. The first-order valence-corrected chi connectivity index (χ1v) is 11.5. The van der Waals surface area contributed by atoms with Gasteiger partial charge in [0.2, 0.25) is 27.5 Å². The third-order valence-corrected chi connectivity index (χ3v) is 7.42. The molecular formula is C20H25N5O5S. The molecule has 0 atom stereocenters. The minimum Gasteiger partial charge on any atom is -0.495 e. The summed E-state index contributed by atoms with van der Waals surface area (Å²) in [4.78, 5) is 8.56. The minimum atomic E-state index is -3.79. The Balaban J connectivity index is 1.71. The van der Waals surface area contributed by atoms with E-state index in [2.05, 4.69) is 16.0 Å². The Bertz CT molecular complexity index is 1080. The van der Waals surface area contributed by atoms with Crippen molar-refractivity contribution in [3.8, 4) is 23.3 Å². The molecule has 2 fully saturated rings. The lowest BCUT2D eigenvalue weighted by Crippen LogP contribution is -2.44. The van der Waals surface area contributed by atoms with Crippen LogP contribution in [0.2, 0.25) is 0 Å². The number of nitrogens with zero attached hydrogens (tertiary/aromatic N) is 5. The standard InChI is InChI=1S/C20H25N5O5S/c1-23-5-7-24(8-6-23)20-16(14-21)22-19(30-20)15-3-4-17(28-2)18(13-15)31(26,27)25-9-11-29-12-10-25/h3-4,13H,5-12H2,1-2H3. The number of piperazine rings is 1. The van der Waals surface area contributed by atoms with E-state index in [1.165, 1.54) is 17.5 Å². The molecule has 0 bridgehead atoms. The van der Waals surface area contributed by atoms with Gasteiger partial charge in [0.05, 0.1) is 20.3 Å². The Kier molecular flexibility index (Phi) is 6.15. The second kappa shape index (κ2) is 8.84. The molecule has 10 nitrogen and oxygen atoms in total. The Morgan fingerprint density at radius 2 is 1.84 bits per heavy atom. The first kappa shape index (κ1) is 21.6. The maximum Gasteiger partial charge on any atom is 0.246 e. The molecule has 1 aromatic heterocycles. The maximum absolute atomic E-state index is 13.2. The molecule has 11 heteroatoms. The highest BCUT2D eigenvalue weighted by Gasteiger charge is 2.30. The molecule has 166 valence electrons. The monoisotopic (exact) mass is 447 g/mol. The van der Waals surface area contributed by atoms with Crippen LogP contribution in [0.15, 0.2) is 27.5 Å². The van der Waals surface area contributed by atoms with Crippen LogP contribution >= 0.6 is 0 Å². The van der Waals surface area contributed by atoms with Crippen LogP contribution < -0.4 is 9.64 Å². The molecule has 0 saturated carbocycles. The van der Waals surface area contributed by atoms with Gasteiger partial charge >= 0.3 is 0 Å². The van der Waals surface area contributed by atoms with Crippen molar-refractivity contribution in [1.29, 1.82) is 5.26 Å². The number of anilines is 1. The lowest BCUT2D eigenvalue weighted by atomic mass is 10.2. The van der Waals surface area contributed by atoms with Crippen LogP contribution in [0, 0.1) is 11.3 Å². The number of oxazole rings is 1. The second-order valence-corrected chi connectivity index (χ2v) is 9.36. The van der Waals surface area contributed by atoms with Crippen molar-refractivity contribution >= 4 is 15.9 Å². The summed E-state index contributed by atoms with van der Waals surface area (Å²) in [7, 11) is -0.321. The predicted molar refractivity (Wildman–Crippen MR) is 112 cm³/mol. The lowest BCUT2D eigenvalue weighted by Gasteiger charge is -2.31. The van der Waals surface area contributed by atoms with Gasteiger partial charge in [-0.1, -0.05) is 0 Å². The number of likely N-dealkylation sites (N-methyl/N-ethyl adjacent to an activating group) is 1. The summed E-state index contributed by atoms with van der Waals surface area (Å²) < 4.78 is 44.4. The molecule has 0 radical (unpaired) electrons. The van der Waals surface area contributed by atoms with Gasteiger partial charge in [0.25, 0.3) is 0 Å². The summed E-state index contributed by atoms with van der Waals surface area (Å²) >= 11 is 0. The zero-order valence-corrected chi connectivity index (χ0v) is 18.4. The molecule has 0 aliphatic carbocycles. The Morgan fingerprint density at radius 1 is 1.13 bits per heavy atom. The number of aromatic nitrogens is 1. The molecule has 0 N–H and O–H groups in total. The quantitative estimate of drug-likeness (QED) is 0.662. The summed E-state index contributed by atoms with van der Waals surface area (Å²) in [5, 5.41) is 9.55. The predicted octanol–water partition coefficient (Wildman–Crippen LogP) is 0.995. The SMILES string of the molecule is COc1ccc(-c2nc(C#N)c(N3CCN(C)CC3)o2)cc1S(=O)(=O)N1CCOCC1. The van der Waals surface area contributed by atoms with E-state index in [1.54, 1.807) is 12.1 Å². The second-order valence-electron chi connectivity index (χ2n) is 7.46. The van der Waals surface area contributed by atoms with E-state index in [1.807, 2.05) is 11.9 Å². The van der Waals surface area contributed by atoms with E-state index >= 15 is 0 Å². The summed E-state index contributed by atoms with van der Waals surface area (Å²) in [5.41, 5.74) is 0.650. The number of hydrogen-bond acceptors (Lipinski definition) is 9. The smallest absolute Gasteiger partial charge is 0.246 e. The summed E-state index contributed by atoms with van der Waals surface area (Å²) in [6.45, 7) is 4.40. The van der Waals surface area contributed by atoms with Gasteiger partial charge in [0.1, 0.15) is 16.7 Å². The highest BCUT2D eigenvalue weighted by atomic mass is 32.2. The lowest BCUT2D eigenvalue weighted by molar-refractivity contribution is 0.0729. The fourth-order valence-electron chi connectivity index (χ4n) is 3.67. The van der Waals surface area contributed by atoms with Crippen molar-refractivity contribution in [3.63, 3.8) is 0 Å². The third-order valence-electron chi connectivity index (χ3n) is 5.50. The van der Waals surface area contributed by atoms with Gasteiger partial charge in [-0.05, 0) is 25.2 Å². The van der Waals surface area contributed by atoms with Crippen LogP contribution in [0.1, 0.15) is 5.69 Å². The van der Waals surface area contributed by atoms with Gasteiger partial charge in [0.15, 0.2) is 0 Å². The molecule has 2 aromatic rings. The van der Waals surface area contributed by atoms with E-state index in [-0.39, 0.29) is 35.3 Å². The molecule has 31 heavy (non-hydrogen) atoms. The number of morpholine rings is 1. The Morgan fingerprint density at radius 3 is 2.48 bits per heavy atom. The van der Waals surface area contributed by atoms with E-state index in [0.717, 1.165) is 26.2 Å². The van der Waals surface area contributed by atoms with E-state index in [9.17, 15) is 13.7 Å². The number of ether oxygens (including phenoxy) is 2. The summed E-state index contributed by atoms with van der Waals surface area (Å²) in [5.74, 6) is 0.854. The van der Waals surface area contributed by atoms with E-state index in [4.69, 9.17) is 13.9 Å². The number of sulfonamides is 1.